The van der Waals surface area contributed by atoms with Gasteiger partial charge in [0.05, 0.1) is 5.56 Å². The van der Waals surface area contributed by atoms with E-state index in [2.05, 4.69) is 4.98 Å². The molecule has 0 radical (unpaired) electrons. The summed E-state index contributed by atoms with van der Waals surface area (Å²) in [5.74, 6) is -1.49. The minimum atomic E-state index is -4.88. The molecule has 4 rings (SSSR count). The lowest BCUT2D eigenvalue weighted by molar-refractivity contribution is 0.0958. The summed E-state index contributed by atoms with van der Waals surface area (Å²) in [6.45, 7) is 3.22. The van der Waals surface area contributed by atoms with Crippen LogP contribution < -0.4 is 15.9 Å². The van der Waals surface area contributed by atoms with Crippen molar-refractivity contribution >= 4 is 31.0 Å². The van der Waals surface area contributed by atoms with Gasteiger partial charge < -0.3 is 24.8 Å². The molecule has 0 aliphatic rings. The van der Waals surface area contributed by atoms with Gasteiger partial charge in [0.25, 0.3) is 0 Å². The van der Waals surface area contributed by atoms with E-state index >= 15 is 0 Å². The van der Waals surface area contributed by atoms with Crippen LogP contribution >= 0.6 is 19.4 Å². The first-order valence-electron chi connectivity index (χ1n) is 11.8. The van der Waals surface area contributed by atoms with Crippen LogP contribution in [-0.4, -0.2) is 25.1 Å². The van der Waals surface area contributed by atoms with Gasteiger partial charge in [-0.3, -0.25) is 14.1 Å². The Morgan fingerprint density at radius 2 is 1.85 bits per heavy atom. The van der Waals surface area contributed by atoms with Gasteiger partial charge in [-0.1, -0.05) is 47.5 Å². The number of Topliss-reactive ketones (excluding diaryl/α,β-unsaturated/α-hetero) is 1. The van der Waals surface area contributed by atoms with Crippen molar-refractivity contribution in [2.75, 3.05) is 5.73 Å². The highest BCUT2D eigenvalue weighted by molar-refractivity contribution is 7.46. The Hall–Kier alpha value is -3.86. The highest BCUT2D eigenvalue weighted by Crippen LogP contribution is 2.40. The van der Waals surface area contributed by atoms with Crippen molar-refractivity contribution in [2.45, 2.75) is 26.5 Å². The number of hydrogen-bond acceptors (Lipinski definition) is 7. The molecule has 1 unspecified atom stereocenters. The average Bonchev–Trinajstić information content (AvgIpc) is 2.88. The molecule has 0 aliphatic heterocycles. The van der Waals surface area contributed by atoms with Gasteiger partial charge in [-0.15, -0.1) is 0 Å². The van der Waals surface area contributed by atoms with E-state index in [4.69, 9.17) is 26.6 Å². The Kier molecular flexibility index (Phi) is 8.53. The Morgan fingerprint density at radius 1 is 1.15 bits per heavy atom. The summed E-state index contributed by atoms with van der Waals surface area (Å²) in [6.07, 6.45) is 2.30. The molecule has 0 saturated heterocycles. The van der Waals surface area contributed by atoms with E-state index in [1.54, 1.807) is 24.3 Å². The van der Waals surface area contributed by atoms with Crippen molar-refractivity contribution in [3.63, 3.8) is 0 Å². The molecule has 0 aliphatic carbocycles. The third-order valence-corrected chi connectivity index (χ3v) is 6.84. The highest BCUT2D eigenvalue weighted by atomic mass is 35.5. The van der Waals surface area contributed by atoms with E-state index in [0.717, 1.165) is 17.8 Å². The topological polar surface area (TPSA) is 154 Å². The van der Waals surface area contributed by atoms with Crippen molar-refractivity contribution < 1.29 is 32.8 Å². The Bertz CT molecular complexity index is 1690. The molecular weight excluding hydrogens is 564 g/mol. The maximum atomic E-state index is 14.9. The van der Waals surface area contributed by atoms with E-state index < -0.39 is 31.1 Å². The van der Waals surface area contributed by atoms with Crippen molar-refractivity contribution in [1.29, 1.82) is 0 Å². The average molecular weight is 588 g/mol. The van der Waals surface area contributed by atoms with Crippen LogP contribution in [0.5, 0.6) is 11.5 Å². The van der Waals surface area contributed by atoms with Gasteiger partial charge in [0.1, 0.15) is 17.1 Å². The summed E-state index contributed by atoms with van der Waals surface area (Å²) in [6, 6.07) is 12.2. The van der Waals surface area contributed by atoms with Crippen LogP contribution in [0.15, 0.2) is 71.9 Å². The quantitative estimate of drug-likeness (QED) is 0.171. The molecule has 13 heteroatoms. The number of benzene rings is 2. The molecule has 0 fully saturated rings. The van der Waals surface area contributed by atoms with Gasteiger partial charge in [0.15, 0.2) is 28.5 Å². The lowest BCUT2D eigenvalue weighted by Gasteiger charge is -2.19. The van der Waals surface area contributed by atoms with Crippen LogP contribution in [0.25, 0.3) is 11.1 Å². The Morgan fingerprint density at radius 3 is 2.50 bits per heavy atom. The second kappa shape index (κ2) is 11.7. The number of hydrogen-bond donors (Lipinski definition) is 3. The van der Waals surface area contributed by atoms with Crippen molar-refractivity contribution in [2.24, 2.45) is 0 Å². The molecule has 4 aromatic rings. The fraction of sp³-hybridized carbons (Fsp3) is 0.148. The first-order chi connectivity index (χ1) is 18.8. The minimum Gasteiger partial charge on any atom is -0.453 e. The number of rotatable bonds is 9. The third-order valence-electron chi connectivity index (χ3n) is 5.88. The number of aryl methyl sites for hydroxylation is 1. The van der Waals surface area contributed by atoms with Gasteiger partial charge in [0.2, 0.25) is 0 Å². The molecule has 2 aromatic heterocycles. The number of ketones is 1. The summed E-state index contributed by atoms with van der Waals surface area (Å²) < 4.78 is 37.8. The zero-order valence-corrected chi connectivity index (χ0v) is 22.9. The smallest absolute Gasteiger partial charge is 0.453 e. The number of nitrogens with zero attached hydrogens (tertiary/aromatic N) is 2. The van der Waals surface area contributed by atoms with Crippen molar-refractivity contribution in [1.82, 2.24) is 9.55 Å². The van der Waals surface area contributed by atoms with Crippen LogP contribution in [0, 0.1) is 12.7 Å². The highest BCUT2D eigenvalue weighted by Gasteiger charge is 2.23. The number of ether oxygens (including phenoxy) is 1. The molecule has 10 nitrogen and oxygen atoms in total. The molecule has 2 heterocycles. The summed E-state index contributed by atoms with van der Waals surface area (Å²) in [5, 5.41) is 0.0165. The molecule has 4 N–H and O–H groups in total. The van der Waals surface area contributed by atoms with Gasteiger partial charge >= 0.3 is 7.82 Å². The number of carbonyl (C=O) groups excluding carboxylic acids is 1. The minimum absolute atomic E-state index is 0.0147. The normalized spacial score (nSPS) is 12.2. The van der Waals surface area contributed by atoms with Gasteiger partial charge in [-0.2, -0.15) is 0 Å². The molecule has 40 heavy (non-hydrogen) atoms. The summed E-state index contributed by atoms with van der Waals surface area (Å²) in [7, 11) is -4.88. The molecule has 0 saturated carbocycles. The van der Waals surface area contributed by atoms with Crippen LogP contribution in [0.4, 0.5) is 10.2 Å². The zero-order chi connectivity index (χ0) is 29.2. The largest absolute Gasteiger partial charge is 0.471 e. The maximum Gasteiger partial charge on any atom is 0.471 e. The van der Waals surface area contributed by atoms with Crippen molar-refractivity contribution in [3.8, 4) is 22.6 Å². The lowest BCUT2D eigenvalue weighted by Crippen LogP contribution is -2.23. The number of carbonyl (C=O) groups is 1. The van der Waals surface area contributed by atoms with Crippen LogP contribution in [0.1, 0.15) is 34.6 Å². The van der Waals surface area contributed by atoms with Gasteiger partial charge in [-0.05, 0) is 37.1 Å². The zero-order valence-electron chi connectivity index (χ0n) is 21.2. The number of halogens is 2. The number of pyridine rings is 2. The van der Waals surface area contributed by atoms with Crippen LogP contribution in [-0.2, 0) is 15.5 Å². The Labute approximate surface area is 233 Å². The van der Waals surface area contributed by atoms with Crippen molar-refractivity contribution in [3.05, 3.63) is 105 Å². The number of nitrogen functional groups attached to an aromatic ring is 1. The summed E-state index contributed by atoms with van der Waals surface area (Å²) in [5.41, 5.74) is 6.59. The molecule has 1 atom stereocenters. The molecule has 208 valence electrons. The fourth-order valence-corrected chi connectivity index (χ4v) is 4.51. The molecule has 0 spiro atoms. The first-order valence-corrected chi connectivity index (χ1v) is 13.7. The number of phosphoric acid groups is 1. The predicted molar refractivity (Wildman–Crippen MR) is 147 cm³/mol. The number of phosphoric ester groups is 1. The van der Waals surface area contributed by atoms with Gasteiger partial charge in [-0.25, -0.2) is 13.9 Å². The number of nitrogens with two attached hydrogens (primary N) is 1. The predicted octanol–water partition coefficient (Wildman–Crippen LogP) is 5.44. The van der Waals surface area contributed by atoms with Crippen LogP contribution in [0.2, 0.25) is 5.02 Å². The fourth-order valence-electron chi connectivity index (χ4n) is 3.85. The molecule has 0 amide bonds. The van der Waals surface area contributed by atoms with E-state index in [1.807, 2.05) is 6.92 Å². The molecular formula is C27H24ClFN3O7P. The second-order valence-electron chi connectivity index (χ2n) is 8.90. The summed E-state index contributed by atoms with van der Waals surface area (Å²) >= 11 is 6.05. The molecule has 2 aromatic carbocycles. The van der Waals surface area contributed by atoms with E-state index in [9.17, 15) is 28.3 Å². The Balaban J connectivity index is 1.67. The second-order valence-corrected chi connectivity index (χ2v) is 10.5. The standard InChI is InChI=1S/C27H24ClFN3O7P/c1-15-3-6-18(7-4-15)19-13-32(16(2)39-40(35,36)37)14-20(26(19)34)22(33)12-17-5-8-23(21(29)11-17)38-24-9-10-31-27(30)25(24)28/h3-11,13-14,16H,12H2,1-2H3,(H2,30,31)(H2,35,36,37). The van der Waals surface area contributed by atoms with E-state index in [-0.39, 0.29) is 45.5 Å². The van der Waals surface area contributed by atoms with Gasteiger partial charge in [0, 0.05) is 36.6 Å². The number of anilines is 1. The lowest BCUT2D eigenvalue weighted by atomic mass is 9.99. The van der Waals surface area contributed by atoms with E-state index in [0.29, 0.717) is 5.56 Å². The maximum absolute atomic E-state index is 14.9. The number of aromatic nitrogens is 2. The monoisotopic (exact) mass is 587 g/mol. The summed E-state index contributed by atoms with van der Waals surface area (Å²) in [4.78, 5) is 49.0. The SMILES string of the molecule is Cc1ccc(-c2cn(C(C)OP(=O)(O)O)cc(C(=O)Cc3ccc(Oc4ccnc(N)c4Cl)c(F)c3)c2=O)cc1. The third kappa shape index (κ3) is 6.82. The molecule has 0 bridgehead atoms. The van der Waals surface area contributed by atoms with E-state index in [1.165, 1.54) is 42.1 Å². The first kappa shape index (κ1) is 29.1. The van der Waals surface area contributed by atoms with Crippen LogP contribution in [0.3, 0.4) is 0 Å².